The average molecular weight is 359 g/mol. The molecule has 0 aromatic heterocycles. The Morgan fingerprint density at radius 1 is 1.00 bits per heavy atom. The fraction of sp³-hybridized carbons (Fsp3) is 0.167. The standard InChI is InChI=1S/C18H15F2N3O3/c19-11-6-7-15(14(20)10-11)22-18(26)21-8-3-9-23-16(24)12-4-1-2-5-13(12)17(23)25/h1-2,4-7,10H,3,8-9H2,(H2,21,22,26). The maximum atomic E-state index is 13.5. The van der Waals surface area contributed by atoms with Crippen molar-refractivity contribution in [2.45, 2.75) is 6.42 Å². The molecule has 0 bridgehead atoms. The van der Waals surface area contributed by atoms with Gasteiger partial charge in [0.05, 0.1) is 16.8 Å². The molecule has 0 saturated heterocycles. The van der Waals surface area contributed by atoms with Gasteiger partial charge in [-0.05, 0) is 30.7 Å². The molecule has 1 heterocycles. The van der Waals surface area contributed by atoms with Crippen molar-refractivity contribution in [1.82, 2.24) is 10.2 Å². The third kappa shape index (κ3) is 3.53. The number of fused-ring (bicyclic) bond motifs is 1. The van der Waals surface area contributed by atoms with Gasteiger partial charge in [0.1, 0.15) is 11.6 Å². The van der Waals surface area contributed by atoms with Gasteiger partial charge >= 0.3 is 6.03 Å². The summed E-state index contributed by atoms with van der Waals surface area (Å²) in [6, 6.07) is 8.71. The Hall–Kier alpha value is -3.29. The Morgan fingerprint density at radius 3 is 2.27 bits per heavy atom. The van der Waals surface area contributed by atoms with E-state index in [1.807, 2.05) is 0 Å². The van der Waals surface area contributed by atoms with E-state index in [1.165, 1.54) is 0 Å². The molecule has 2 aromatic rings. The van der Waals surface area contributed by atoms with Crippen LogP contribution in [0, 0.1) is 11.6 Å². The molecule has 0 unspecified atom stereocenters. The zero-order valence-electron chi connectivity index (χ0n) is 13.6. The lowest BCUT2D eigenvalue weighted by molar-refractivity contribution is 0.0653. The SMILES string of the molecule is O=C(NCCCN1C(=O)c2ccccc2C1=O)Nc1ccc(F)cc1F. The Kier molecular flexibility index (Phi) is 4.92. The molecule has 1 aliphatic heterocycles. The normalized spacial score (nSPS) is 12.9. The molecule has 4 amide bonds. The fourth-order valence-electron chi connectivity index (χ4n) is 2.64. The molecule has 2 aromatic carbocycles. The molecule has 0 spiro atoms. The second kappa shape index (κ2) is 7.30. The van der Waals surface area contributed by atoms with E-state index in [-0.39, 0.29) is 30.6 Å². The minimum Gasteiger partial charge on any atom is -0.338 e. The second-order valence-electron chi connectivity index (χ2n) is 5.67. The highest BCUT2D eigenvalue weighted by atomic mass is 19.1. The summed E-state index contributed by atoms with van der Waals surface area (Å²) < 4.78 is 26.3. The van der Waals surface area contributed by atoms with Crippen LogP contribution in [0.4, 0.5) is 19.3 Å². The summed E-state index contributed by atoms with van der Waals surface area (Å²) >= 11 is 0. The first-order chi connectivity index (χ1) is 12.5. The molecule has 1 aliphatic rings. The summed E-state index contributed by atoms with van der Waals surface area (Å²) in [5.74, 6) is -2.34. The molecule has 0 aliphatic carbocycles. The average Bonchev–Trinajstić information content (AvgIpc) is 2.86. The molecule has 0 radical (unpaired) electrons. The van der Waals surface area contributed by atoms with Crippen molar-refractivity contribution in [3.63, 3.8) is 0 Å². The van der Waals surface area contributed by atoms with Crippen molar-refractivity contribution in [2.24, 2.45) is 0 Å². The number of amides is 4. The molecule has 26 heavy (non-hydrogen) atoms. The molecule has 0 atom stereocenters. The Balaban J connectivity index is 1.47. The zero-order valence-corrected chi connectivity index (χ0v) is 13.6. The Morgan fingerprint density at radius 2 is 1.65 bits per heavy atom. The Labute approximate surface area is 147 Å². The number of nitrogens with zero attached hydrogens (tertiary/aromatic N) is 1. The highest BCUT2D eigenvalue weighted by molar-refractivity contribution is 6.21. The van der Waals surface area contributed by atoms with Crippen LogP contribution >= 0.6 is 0 Å². The van der Waals surface area contributed by atoms with E-state index in [4.69, 9.17) is 0 Å². The predicted octanol–water partition coefficient (Wildman–Crippen LogP) is 2.77. The lowest BCUT2D eigenvalue weighted by Crippen LogP contribution is -2.35. The highest BCUT2D eigenvalue weighted by Crippen LogP contribution is 2.22. The van der Waals surface area contributed by atoms with Crippen LogP contribution in [-0.2, 0) is 0 Å². The largest absolute Gasteiger partial charge is 0.338 e. The van der Waals surface area contributed by atoms with E-state index < -0.39 is 17.7 Å². The van der Waals surface area contributed by atoms with E-state index in [1.54, 1.807) is 24.3 Å². The fourth-order valence-corrected chi connectivity index (χ4v) is 2.64. The number of hydrogen-bond donors (Lipinski definition) is 2. The molecule has 8 heteroatoms. The first kappa shape index (κ1) is 17.5. The number of urea groups is 1. The van der Waals surface area contributed by atoms with Gasteiger partial charge in [0.25, 0.3) is 11.8 Å². The topological polar surface area (TPSA) is 78.5 Å². The minimum atomic E-state index is -0.883. The number of benzene rings is 2. The third-order valence-corrected chi connectivity index (χ3v) is 3.90. The van der Waals surface area contributed by atoms with Gasteiger partial charge in [0, 0.05) is 19.2 Å². The van der Waals surface area contributed by atoms with Gasteiger partial charge in [-0.2, -0.15) is 0 Å². The number of nitrogens with one attached hydrogen (secondary N) is 2. The molecule has 134 valence electrons. The number of halogens is 2. The van der Waals surface area contributed by atoms with Crippen molar-refractivity contribution in [3.8, 4) is 0 Å². The number of carbonyl (C=O) groups is 3. The lowest BCUT2D eigenvalue weighted by atomic mass is 10.1. The van der Waals surface area contributed by atoms with Gasteiger partial charge in [0.2, 0.25) is 0 Å². The second-order valence-corrected chi connectivity index (χ2v) is 5.67. The predicted molar refractivity (Wildman–Crippen MR) is 89.8 cm³/mol. The summed E-state index contributed by atoms with van der Waals surface area (Å²) in [6.07, 6.45) is 0.338. The van der Waals surface area contributed by atoms with Gasteiger partial charge in [-0.1, -0.05) is 12.1 Å². The van der Waals surface area contributed by atoms with Crippen LogP contribution in [0.3, 0.4) is 0 Å². The third-order valence-electron chi connectivity index (χ3n) is 3.90. The van der Waals surface area contributed by atoms with E-state index >= 15 is 0 Å². The van der Waals surface area contributed by atoms with Crippen LogP contribution < -0.4 is 10.6 Å². The molecule has 3 rings (SSSR count). The molecule has 2 N–H and O–H groups in total. The van der Waals surface area contributed by atoms with Crippen molar-refractivity contribution < 1.29 is 23.2 Å². The van der Waals surface area contributed by atoms with Crippen LogP contribution in [0.25, 0.3) is 0 Å². The van der Waals surface area contributed by atoms with Crippen molar-refractivity contribution in [3.05, 3.63) is 65.2 Å². The van der Waals surface area contributed by atoms with Crippen molar-refractivity contribution in [1.29, 1.82) is 0 Å². The zero-order chi connectivity index (χ0) is 18.7. The van der Waals surface area contributed by atoms with Crippen LogP contribution in [0.5, 0.6) is 0 Å². The smallest absolute Gasteiger partial charge is 0.319 e. The number of anilines is 1. The maximum absolute atomic E-state index is 13.5. The highest BCUT2D eigenvalue weighted by Gasteiger charge is 2.34. The quantitative estimate of drug-likeness (QED) is 0.636. The van der Waals surface area contributed by atoms with Crippen molar-refractivity contribution >= 4 is 23.5 Å². The summed E-state index contributed by atoms with van der Waals surface area (Å²) in [7, 11) is 0. The molecule has 6 nitrogen and oxygen atoms in total. The first-order valence-electron chi connectivity index (χ1n) is 7.92. The summed E-state index contributed by atoms with van der Waals surface area (Å²) in [5.41, 5.74) is 0.592. The first-order valence-corrected chi connectivity index (χ1v) is 7.92. The van der Waals surface area contributed by atoms with E-state index in [2.05, 4.69) is 10.6 Å². The Bertz CT molecular complexity index is 851. The maximum Gasteiger partial charge on any atom is 0.319 e. The van der Waals surface area contributed by atoms with Gasteiger partial charge in [-0.25, -0.2) is 13.6 Å². The summed E-state index contributed by atoms with van der Waals surface area (Å²) in [5, 5.41) is 4.75. The van der Waals surface area contributed by atoms with Gasteiger partial charge < -0.3 is 10.6 Å². The van der Waals surface area contributed by atoms with Crippen LogP contribution in [0.2, 0.25) is 0 Å². The number of rotatable bonds is 5. The molecule has 0 fully saturated rings. The monoisotopic (exact) mass is 359 g/mol. The number of imide groups is 1. The van der Waals surface area contributed by atoms with Crippen LogP contribution in [0.15, 0.2) is 42.5 Å². The number of carbonyl (C=O) groups excluding carboxylic acids is 3. The van der Waals surface area contributed by atoms with E-state index in [0.717, 1.165) is 17.0 Å². The van der Waals surface area contributed by atoms with Gasteiger partial charge in [-0.15, -0.1) is 0 Å². The van der Waals surface area contributed by atoms with Gasteiger partial charge in [-0.3, -0.25) is 14.5 Å². The number of hydrogen-bond acceptors (Lipinski definition) is 3. The van der Waals surface area contributed by atoms with Crippen molar-refractivity contribution in [2.75, 3.05) is 18.4 Å². The summed E-state index contributed by atoms with van der Waals surface area (Å²) in [4.78, 5) is 37.2. The lowest BCUT2D eigenvalue weighted by Gasteiger charge is -2.14. The molecular weight excluding hydrogens is 344 g/mol. The van der Waals surface area contributed by atoms with E-state index in [9.17, 15) is 23.2 Å². The van der Waals surface area contributed by atoms with Crippen LogP contribution in [0.1, 0.15) is 27.1 Å². The van der Waals surface area contributed by atoms with Gasteiger partial charge in [0.15, 0.2) is 0 Å². The van der Waals surface area contributed by atoms with E-state index in [0.29, 0.717) is 23.6 Å². The minimum absolute atomic E-state index is 0.149. The molecular formula is C18H15F2N3O3. The summed E-state index contributed by atoms with van der Waals surface area (Å²) in [6.45, 7) is 0.319. The molecule has 0 saturated carbocycles. The van der Waals surface area contributed by atoms with Crippen LogP contribution in [-0.4, -0.2) is 35.8 Å².